The zero-order chi connectivity index (χ0) is 14.8. The quantitative estimate of drug-likeness (QED) is 0.898. The molecule has 0 saturated heterocycles. The number of amides is 1. The maximum atomic E-state index is 12.5. The smallest absolute Gasteiger partial charge is 0.255 e. The molecule has 4 atom stereocenters. The molecule has 114 valence electrons. The molecule has 0 unspecified atom stereocenters. The summed E-state index contributed by atoms with van der Waals surface area (Å²) < 4.78 is 5.55. The van der Waals surface area contributed by atoms with Gasteiger partial charge in [0.05, 0.1) is 12.2 Å². The maximum Gasteiger partial charge on any atom is 0.255 e. The minimum atomic E-state index is -0.00526. The van der Waals surface area contributed by atoms with Gasteiger partial charge >= 0.3 is 0 Å². The van der Waals surface area contributed by atoms with Crippen molar-refractivity contribution >= 4 is 5.91 Å². The number of benzene rings is 1. The lowest BCUT2D eigenvalue weighted by Crippen LogP contribution is -2.40. The van der Waals surface area contributed by atoms with Gasteiger partial charge in [0.25, 0.3) is 5.91 Å². The Kier molecular flexibility index (Phi) is 4.18. The third kappa shape index (κ3) is 2.92. The van der Waals surface area contributed by atoms with Crippen molar-refractivity contribution in [2.45, 2.75) is 45.6 Å². The molecule has 2 bridgehead atoms. The number of carbonyl (C=O) groups excluding carboxylic acids is 1. The predicted octanol–water partition coefficient (Wildman–Crippen LogP) is 3.64. The van der Waals surface area contributed by atoms with Crippen molar-refractivity contribution in [3.63, 3.8) is 0 Å². The Labute approximate surface area is 127 Å². The molecule has 2 aliphatic rings. The van der Waals surface area contributed by atoms with Crippen LogP contribution in [-0.2, 0) is 0 Å². The molecule has 1 aromatic carbocycles. The van der Waals surface area contributed by atoms with E-state index in [1.807, 2.05) is 31.2 Å². The summed E-state index contributed by atoms with van der Waals surface area (Å²) in [7, 11) is 0. The number of hydrogen-bond donors (Lipinski definition) is 1. The molecule has 3 heteroatoms. The van der Waals surface area contributed by atoms with Gasteiger partial charge in [-0.05, 0) is 63.0 Å². The Balaban J connectivity index is 1.66. The van der Waals surface area contributed by atoms with E-state index >= 15 is 0 Å². The molecule has 3 nitrogen and oxygen atoms in total. The van der Waals surface area contributed by atoms with Crippen LogP contribution in [0.15, 0.2) is 24.3 Å². The summed E-state index contributed by atoms with van der Waals surface area (Å²) in [5, 5.41) is 3.20. The van der Waals surface area contributed by atoms with Crippen molar-refractivity contribution in [3.8, 4) is 5.75 Å². The van der Waals surface area contributed by atoms with E-state index in [4.69, 9.17) is 4.74 Å². The Morgan fingerprint density at radius 1 is 1.33 bits per heavy atom. The summed E-state index contributed by atoms with van der Waals surface area (Å²) in [6.45, 7) is 4.67. The van der Waals surface area contributed by atoms with E-state index in [-0.39, 0.29) is 11.9 Å². The van der Waals surface area contributed by atoms with Crippen LogP contribution >= 0.6 is 0 Å². The van der Waals surface area contributed by atoms with E-state index in [0.717, 1.165) is 11.8 Å². The van der Waals surface area contributed by atoms with Gasteiger partial charge in [0, 0.05) is 6.04 Å². The minimum Gasteiger partial charge on any atom is -0.493 e. The van der Waals surface area contributed by atoms with Gasteiger partial charge in [-0.25, -0.2) is 0 Å². The van der Waals surface area contributed by atoms with Crippen LogP contribution in [-0.4, -0.2) is 18.6 Å². The molecule has 1 amide bonds. The Morgan fingerprint density at radius 3 is 2.81 bits per heavy atom. The van der Waals surface area contributed by atoms with Crippen LogP contribution in [0, 0.1) is 17.8 Å². The zero-order valence-corrected chi connectivity index (χ0v) is 13.0. The first-order valence-electron chi connectivity index (χ1n) is 8.21. The fraction of sp³-hybridized carbons (Fsp3) is 0.611. The van der Waals surface area contributed by atoms with Crippen LogP contribution in [0.5, 0.6) is 5.75 Å². The van der Waals surface area contributed by atoms with Crippen molar-refractivity contribution in [1.29, 1.82) is 0 Å². The topological polar surface area (TPSA) is 38.3 Å². The number of ether oxygens (including phenoxy) is 1. The molecule has 0 spiro atoms. The van der Waals surface area contributed by atoms with Gasteiger partial charge in [-0.2, -0.15) is 0 Å². The van der Waals surface area contributed by atoms with E-state index in [2.05, 4.69) is 12.2 Å². The first kappa shape index (κ1) is 14.4. The second-order valence-corrected chi connectivity index (χ2v) is 6.53. The maximum absolute atomic E-state index is 12.5. The molecule has 21 heavy (non-hydrogen) atoms. The van der Waals surface area contributed by atoms with Crippen LogP contribution in [0.3, 0.4) is 0 Å². The van der Waals surface area contributed by atoms with Gasteiger partial charge in [-0.3, -0.25) is 4.79 Å². The molecule has 2 aliphatic carbocycles. The van der Waals surface area contributed by atoms with Crippen molar-refractivity contribution < 1.29 is 9.53 Å². The molecule has 1 aromatic rings. The van der Waals surface area contributed by atoms with E-state index in [9.17, 15) is 4.79 Å². The Hall–Kier alpha value is -1.51. The zero-order valence-electron chi connectivity index (χ0n) is 13.0. The Morgan fingerprint density at radius 2 is 2.14 bits per heavy atom. The van der Waals surface area contributed by atoms with Crippen LogP contribution < -0.4 is 10.1 Å². The molecule has 2 saturated carbocycles. The van der Waals surface area contributed by atoms with Gasteiger partial charge < -0.3 is 10.1 Å². The molecular formula is C18H25NO2. The van der Waals surface area contributed by atoms with Gasteiger partial charge in [-0.15, -0.1) is 0 Å². The van der Waals surface area contributed by atoms with Crippen molar-refractivity contribution in [1.82, 2.24) is 5.32 Å². The van der Waals surface area contributed by atoms with E-state index in [1.165, 1.54) is 25.7 Å². The predicted molar refractivity (Wildman–Crippen MR) is 83.5 cm³/mol. The lowest BCUT2D eigenvalue weighted by atomic mass is 9.84. The monoisotopic (exact) mass is 287 g/mol. The average Bonchev–Trinajstić information content (AvgIpc) is 3.10. The first-order chi connectivity index (χ1) is 10.2. The summed E-state index contributed by atoms with van der Waals surface area (Å²) in [5.74, 6) is 3.07. The van der Waals surface area contributed by atoms with Crippen LogP contribution in [0.25, 0.3) is 0 Å². The summed E-state index contributed by atoms with van der Waals surface area (Å²) in [5.41, 5.74) is 0.648. The minimum absolute atomic E-state index is 0.00526. The highest BCUT2D eigenvalue weighted by molar-refractivity contribution is 5.97. The molecule has 1 N–H and O–H groups in total. The van der Waals surface area contributed by atoms with E-state index in [1.54, 1.807) is 0 Å². The highest BCUT2D eigenvalue weighted by atomic mass is 16.5. The number of fused-ring (bicyclic) bond motifs is 2. The Bertz CT molecular complexity index is 514. The summed E-state index contributed by atoms with van der Waals surface area (Å²) in [6.07, 6.45) is 5.42. The number of carbonyl (C=O) groups is 1. The average molecular weight is 287 g/mol. The molecule has 0 heterocycles. The second kappa shape index (κ2) is 6.08. The van der Waals surface area contributed by atoms with E-state index in [0.29, 0.717) is 23.8 Å². The van der Waals surface area contributed by atoms with Crippen LogP contribution in [0.2, 0.25) is 0 Å². The highest BCUT2D eigenvalue weighted by Crippen LogP contribution is 2.49. The molecule has 3 rings (SSSR count). The summed E-state index contributed by atoms with van der Waals surface area (Å²) in [4.78, 5) is 12.5. The standard InChI is InChI=1S/C18H25NO2/c1-3-21-17-7-5-4-6-15(17)18(20)19-12(2)16-11-13-8-9-14(16)10-13/h4-7,12-14,16H,3,8-11H2,1-2H3,(H,19,20)/t12-,13+,14+,16+/m0/s1. The number of nitrogens with one attached hydrogen (secondary N) is 1. The third-order valence-corrected chi connectivity index (χ3v) is 5.23. The van der Waals surface area contributed by atoms with Crippen molar-refractivity contribution in [2.24, 2.45) is 17.8 Å². The van der Waals surface area contributed by atoms with Crippen molar-refractivity contribution in [2.75, 3.05) is 6.61 Å². The third-order valence-electron chi connectivity index (χ3n) is 5.23. The van der Waals surface area contributed by atoms with Crippen LogP contribution in [0.4, 0.5) is 0 Å². The number of rotatable bonds is 5. The highest BCUT2D eigenvalue weighted by Gasteiger charge is 2.42. The largest absolute Gasteiger partial charge is 0.493 e. The molecule has 0 aliphatic heterocycles. The van der Waals surface area contributed by atoms with Gasteiger partial charge in [0.1, 0.15) is 5.75 Å². The molecular weight excluding hydrogens is 262 g/mol. The molecule has 2 fully saturated rings. The summed E-state index contributed by atoms with van der Waals surface area (Å²) >= 11 is 0. The molecule has 0 aromatic heterocycles. The van der Waals surface area contributed by atoms with E-state index < -0.39 is 0 Å². The fourth-order valence-corrected chi connectivity index (χ4v) is 4.23. The number of hydrogen-bond acceptors (Lipinski definition) is 2. The lowest BCUT2D eigenvalue weighted by molar-refractivity contribution is 0.0911. The summed E-state index contributed by atoms with van der Waals surface area (Å²) in [6, 6.07) is 7.75. The van der Waals surface area contributed by atoms with Gasteiger partial charge in [-0.1, -0.05) is 18.6 Å². The van der Waals surface area contributed by atoms with Gasteiger partial charge in [0.15, 0.2) is 0 Å². The second-order valence-electron chi connectivity index (χ2n) is 6.53. The fourth-order valence-electron chi connectivity index (χ4n) is 4.23. The van der Waals surface area contributed by atoms with Gasteiger partial charge in [0.2, 0.25) is 0 Å². The SMILES string of the molecule is CCOc1ccccc1C(=O)N[C@@H](C)[C@H]1C[C@@H]2CC[C@@H]1C2. The van der Waals surface area contributed by atoms with Crippen molar-refractivity contribution in [3.05, 3.63) is 29.8 Å². The molecule has 0 radical (unpaired) electrons. The first-order valence-corrected chi connectivity index (χ1v) is 8.21. The number of para-hydroxylation sites is 1. The van der Waals surface area contributed by atoms with Crippen LogP contribution in [0.1, 0.15) is 49.9 Å². The lowest BCUT2D eigenvalue weighted by Gasteiger charge is -2.28. The normalized spacial score (nSPS) is 28.4.